The molecule has 4 fully saturated rings. The molecule has 6 rings (SSSR count). The van der Waals surface area contributed by atoms with Crippen molar-refractivity contribution >= 4 is 11.8 Å². The van der Waals surface area contributed by atoms with E-state index in [1.807, 2.05) is 49.4 Å². The zero-order chi connectivity index (χ0) is 31.8. The molecular weight excluding hydrogens is 568 g/mol. The zero-order valence-corrected chi connectivity index (χ0v) is 27.5. The highest BCUT2D eigenvalue weighted by molar-refractivity contribution is 5.87. The van der Waals surface area contributed by atoms with Crippen LogP contribution in [-0.4, -0.2) is 48.1 Å². The fraction of sp³-hybridized carbons (Fsp3) is 0.632. The smallest absolute Gasteiger partial charge is 0.312 e. The minimum absolute atomic E-state index is 0.0587. The second kappa shape index (κ2) is 13.3. The number of benzene rings is 1. The molecule has 2 spiro atoms. The van der Waals surface area contributed by atoms with Crippen molar-refractivity contribution < 1.29 is 33.3 Å². The molecule has 0 radical (unpaired) electrons. The fourth-order valence-corrected chi connectivity index (χ4v) is 7.92. The van der Waals surface area contributed by atoms with Gasteiger partial charge in [0.25, 0.3) is 0 Å². The highest BCUT2D eigenvalue weighted by atomic mass is 16.7. The van der Waals surface area contributed by atoms with Crippen LogP contribution in [0, 0.1) is 23.7 Å². The van der Waals surface area contributed by atoms with Crippen molar-refractivity contribution in [3.05, 3.63) is 71.3 Å². The highest BCUT2D eigenvalue weighted by Crippen LogP contribution is 2.50. The van der Waals surface area contributed by atoms with Crippen molar-refractivity contribution in [1.29, 1.82) is 0 Å². The first-order valence-corrected chi connectivity index (χ1v) is 17.0. The molecule has 0 N–H and O–H groups in total. The van der Waals surface area contributed by atoms with Gasteiger partial charge in [0.2, 0.25) is 0 Å². The van der Waals surface area contributed by atoms with Crippen LogP contribution in [0.25, 0.3) is 0 Å². The van der Waals surface area contributed by atoms with Crippen molar-refractivity contribution in [3.63, 3.8) is 0 Å². The predicted octanol–water partition coefficient (Wildman–Crippen LogP) is 7.57. The molecule has 4 heterocycles. The van der Waals surface area contributed by atoms with E-state index in [0.717, 1.165) is 36.8 Å². The molecular formula is C38H50O7. The van der Waals surface area contributed by atoms with Crippen LogP contribution in [0.1, 0.15) is 97.8 Å². The van der Waals surface area contributed by atoms with Gasteiger partial charge in [-0.15, -0.1) is 0 Å². The zero-order valence-electron chi connectivity index (χ0n) is 27.5. The number of carbonyl (C=O) groups excluding carboxylic acids is 2. The number of fused-ring (bicyclic) bond motifs is 2. The van der Waals surface area contributed by atoms with Gasteiger partial charge in [0, 0.05) is 37.2 Å². The Morgan fingerprint density at radius 2 is 1.73 bits per heavy atom. The van der Waals surface area contributed by atoms with E-state index in [4.69, 9.17) is 23.7 Å². The van der Waals surface area contributed by atoms with E-state index < -0.39 is 23.6 Å². The molecule has 7 nitrogen and oxygen atoms in total. The van der Waals surface area contributed by atoms with Gasteiger partial charge < -0.3 is 23.7 Å². The molecule has 3 saturated heterocycles. The van der Waals surface area contributed by atoms with Gasteiger partial charge >= 0.3 is 5.97 Å². The lowest BCUT2D eigenvalue weighted by Crippen LogP contribution is -2.58. The topological polar surface area (TPSA) is 80.3 Å². The Kier molecular flexibility index (Phi) is 9.54. The van der Waals surface area contributed by atoms with Crippen molar-refractivity contribution in [2.24, 2.45) is 23.7 Å². The molecule has 0 aromatic heterocycles. The maximum atomic E-state index is 14.5. The van der Waals surface area contributed by atoms with Gasteiger partial charge in [-0.25, -0.2) is 0 Å². The lowest BCUT2D eigenvalue weighted by Gasteiger charge is -2.51. The Morgan fingerprint density at radius 3 is 2.51 bits per heavy atom. The Labute approximate surface area is 268 Å². The predicted molar refractivity (Wildman–Crippen MR) is 171 cm³/mol. The quantitative estimate of drug-likeness (QED) is 0.237. The standard InChI is InChI=1S/C38H50O7/c1-24-10-9-13-30-23-41-36(29-11-7-6-8-12-29)45-38(30)22-34(39)27(4)19-33(38)35(40)42-32-20-31(15-14-25(2)18-24)44-37(21-32)17-16-26(3)28(5)43-37/h6-14,24,26-28,31-33,36H,15-23H2,1-5H3/b10-9+,25-14+,30-13+/t24-,26-,27-,28+,31+,32-,33-,36+,37-,38+/m0/s1. The lowest BCUT2D eigenvalue weighted by molar-refractivity contribution is -0.332. The average Bonchev–Trinajstić information content (AvgIpc) is 3.00. The number of ketones is 1. The molecule has 7 heteroatoms. The third-order valence-corrected chi connectivity index (χ3v) is 10.8. The first-order chi connectivity index (χ1) is 21.6. The molecule has 45 heavy (non-hydrogen) atoms. The average molecular weight is 619 g/mol. The number of allylic oxidation sites excluding steroid dienone is 4. The number of rotatable bonds is 1. The van der Waals surface area contributed by atoms with Crippen LogP contribution < -0.4 is 0 Å². The van der Waals surface area contributed by atoms with E-state index in [1.54, 1.807) is 0 Å². The number of ether oxygens (including phenoxy) is 5. The Hall–Kier alpha value is -2.58. The summed E-state index contributed by atoms with van der Waals surface area (Å²) in [6.45, 7) is 10.9. The monoisotopic (exact) mass is 618 g/mol. The third-order valence-electron chi connectivity index (χ3n) is 10.8. The number of carbonyl (C=O) groups is 2. The largest absolute Gasteiger partial charge is 0.462 e. The summed E-state index contributed by atoms with van der Waals surface area (Å²) in [5, 5.41) is 0. The van der Waals surface area contributed by atoms with Gasteiger partial charge in [0.15, 0.2) is 12.1 Å². The first kappa shape index (κ1) is 32.4. The van der Waals surface area contributed by atoms with Crippen LogP contribution in [0.3, 0.4) is 0 Å². The lowest BCUT2D eigenvalue weighted by atomic mass is 9.66. The number of Topliss-reactive ketones (excluding diaryl/α,β-unsaturated/α-hetero) is 1. The number of esters is 1. The number of hydrogen-bond donors (Lipinski definition) is 0. The maximum absolute atomic E-state index is 14.5. The van der Waals surface area contributed by atoms with Crippen LogP contribution in [-0.2, 0) is 33.3 Å². The summed E-state index contributed by atoms with van der Waals surface area (Å²) < 4.78 is 32.9. The van der Waals surface area contributed by atoms with E-state index in [1.165, 1.54) is 5.57 Å². The van der Waals surface area contributed by atoms with Gasteiger partial charge in [-0.2, -0.15) is 0 Å². The summed E-state index contributed by atoms with van der Waals surface area (Å²) in [4.78, 5) is 28.0. The summed E-state index contributed by atoms with van der Waals surface area (Å²) in [6, 6.07) is 9.74. The summed E-state index contributed by atoms with van der Waals surface area (Å²) in [7, 11) is 0. The highest BCUT2D eigenvalue weighted by Gasteiger charge is 2.57. The molecule has 10 atom stereocenters. The molecule has 0 amide bonds. The van der Waals surface area contributed by atoms with E-state index in [9.17, 15) is 9.59 Å². The van der Waals surface area contributed by atoms with Crippen molar-refractivity contribution in [3.8, 4) is 0 Å². The number of hydrogen-bond acceptors (Lipinski definition) is 7. The molecule has 4 aliphatic heterocycles. The van der Waals surface area contributed by atoms with E-state index in [-0.39, 0.29) is 49.0 Å². The Bertz CT molecular complexity index is 1330. The van der Waals surface area contributed by atoms with Gasteiger partial charge in [0.05, 0.1) is 24.7 Å². The van der Waals surface area contributed by atoms with Crippen LogP contribution >= 0.6 is 0 Å². The molecule has 2 bridgehead atoms. The van der Waals surface area contributed by atoms with Crippen molar-refractivity contribution in [2.75, 3.05) is 6.61 Å². The fourth-order valence-electron chi connectivity index (χ4n) is 7.92. The minimum atomic E-state index is -1.16. The van der Waals surface area contributed by atoms with Gasteiger partial charge in [-0.05, 0) is 56.9 Å². The van der Waals surface area contributed by atoms with E-state index in [2.05, 4.69) is 39.8 Å². The SMILES string of the molecule is C/C1=C\C[C@@H]2C[C@@H](C[C@]3(CC[C@H](C)[C@@H](C)O3)O2)OC(=O)[C@@H]2C[C@H](C)C(=O)C[C@]23O[C@H](c2ccccc2)OC/C3=C\C=C\[C@H](C)C1. The van der Waals surface area contributed by atoms with Crippen molar-refractivity contribution in [1.82, 2.24) is 0 Å². The second-order valence-electron chi connectivity index (χ2n) is 14.4. The summed E-state index contributed by atoms with van der Waals surface area (Å²) in [5.41, 5.74) is 1.80. The van der Waals surface area contributed by atoms with E-state index >= 15 is 0 Å². The molecule has 1 saturated carbocycles. The minimum Gasteiger partial charge on any atom is -0.462 e. The first-order valence-electron chi connectivity index (χ1n) is 17.0. The second-order valence-corrected chi connectivity index (χ2v) is 14.4. The molecule has 244 valence electrons. The van der Waals surface area contributed by atoms with E-state index in [0.29, 0.717) is 31.1 Å². The summed E-state index contributed by atoms with van der Waals surface area (Å²) in [5.74, 6) is -1.18. The van der Waals surface area contributed by atoms with Gasteiger partial charge in [-0.3, -0.25) is 9.59 Å². The Balaban J connectivity index is 1.39. The summed E-state index contributed by atoms with van der Waals surface area (Å²) >= 11 is 0. The van der Waals surface area contributed by atoms with Gasteiger partial charge in [-0.1, -0.05) is 81.0 Å². The molecule has 5 aliphatic rings. The molecule has 1 aromatic rings. The van der Waals surface area contributed by atoms with Crippen LogP contribution in [0.15, 0.2) is 65.8 Å². The third kappa shape index (κ3) is 6.92. The van der Waals surface area contributed by atoms with Gasteiger partial charge in [0.1, 0.15) is 17.5 Å². The van der Waals surface area contributed by atoms with Crippen LogP contribution in [0.5, 0.6) is 0 Å². The molecule has 1 aromatic carbocycles. The maximum Gasteiger partial charge on any atom is 0.312 e. The molecule has 1 aliphatic carbocycles. The molecule has 0 unspecified atom stereocenters. The Morgan fingerprint density at radius 1 is 0.933 bits per heavy atom. The summed E-state index contributed by atoms with van der Waals surface area (Å²) in [6.07, 6.45) is 12.4. The van der Waals surface area contributed by atoms with Crippen molar-refractivity contribution in [2.45, 2.75) is 122 Å². The normalized spacial score (nSPS) is 44.4. The van der Waals surface area contributed by atoms with Crippen LogP contribution in [0.4, 0.5) is 0 Å². The van der Waals surface area contributed by atoms with Crippen LogP contribution in [0.2, 0.25) is 0 Å².